The van der Waals surface area contributed by atoms with Gasteiger partial charge in [0.25, 0.3) is 5.78 Å². The molecule has 4 rings (SSSR count). The van der Waals surface area contributed by atoms with Crippen molar-refractivity contribution in [3.63, 3.8) is 0 Å². The maximum Gasteiger partial charge on any atom is 0.413 e. The summed E-state index contributed by atoms with van der Waals surface area (Å²) in [6.07, 6.45) is -2.60. The van der Waals surface area contributed by atoms with Gasteiger partial charge < -0.3 is 4.90 Å². The number of anilines is 1. The summed E-state index contributed by atoms with van der Waals surface area (Å²) < 4.78 is 43.3. The molecule has 130 valence electrons. The third kappa shape index (κ3) is 2.52. The number of hydrogen-bond acceptors (Lipinski definition) is 4. The molecular weight excluding hydrogens is 331 g/mol. The van der Waals surface area contributed by atoms with Crippen LogP contribution in [-0.4, -0.2) is 32.3 Å². The van der Waals surface area contributed by atoms with Crippen molar-refractivity contribution in [2.24, 2.45) is 0 Å². The fourth-order valence-electron chi connectivity index (χ4n) is 3.44. The van der Waals surface area contributed by atoms with Crippen molar-refractivity contribution in [1.29, 1.82) is 0 Å². The first-order chi connectivity index (χ1) is 11.9. The van der Waals surface area contributed by atoms with Crippen molar-refractivity contribution >= 4 is 11.6 Å². The minimum atomic E-state index is -4.42. The standard InChI is InChI=1S/C17H16F3N5/c1-10-3-5-12(6-4-10)14(17(18,19)20)24-8-7-13-11(2)23-16-21-9-22-25(16)15(13)24/h3-6,9,14H,7-8H2,1-2H3/t14-/m0/s1. The Hall–Kier alpha value is -2.64. The quantitative estimate of drug-likeness (QED) is 0.713. The van der Waals surface area contributed by atoms with Crippen LogP contribution in [0.15, 0.2) is 30.6 Å². The highest BCUT2D eigenvalue weighted by Crippen LogP contribution is 2.44. The molecule has 0 unspecified atom stereocenters. The predicted octanol–water partition coefficient (Wildman–Crippen LogP) is 3.41. The molecule has 1 aliphatic heterocycles. The topological polar surface area (TPSA) is 46.3 Å². The molecule has 25 heavy (non-hydrogen) atoms. The van der Waals surface area contributed by atoms with Gasteiger partial charge in [0.1, 0.15) is 12.1 Å². The molecule has 0 bridgehead atoms. The molecule has 0 saturated heterocycles. The summed E-state index contributed by atoms with van der Waals surface area (Å²) in [7, 11) is 0. The Morgan fingerprint density at radius 3 is 2.52 bits per heavy atom. The lowest BCUT2D eigenvalue weighted by Gasteiger charge is -2.32. The summed E-state index contributed by atoms with van der Waals surface area (Å²) in [5, 5.41) is 4.09. The van der Waals surface area contributed by atoms with Crippen LogP contribution in [0, 0.1) is 13.8 Å². The van der Waals surface area contributed by atoms with E-state index in [-0.39, 0.29) is 12.1 Å². The maximum atomic E-state index is 14.0. The van der Waals surface area contributed by atoms with E-state index in [1.165, 1.54) is 27.9 Å². The molecule has 0 aliphatic carbocycles. The summed E-state index contributed by atoms with van der Waals surface area (Å²) >= 11 is 0. The first-order valence-electron chi connectivity index (χ1n) is 7.95. The number of hydrogen-bond donors (Lipinski definition) is 0. The van der Waals surface area contributed by atoms with E-state index in [0.29, 0.717) is 23.7 Å². The number of benzene rings is 1. The second kappa shape index (κ2) is 5.44. The molecule has 1 aliphatic rings. The van der Waals surface area contributed by atoms with Gasteiger partial charge in [-0.15, -0.1) is 0 Å². The molecule has 5 nitrogen and oxygen atoms in total. The summed E-state index contributed by atoms with van der Waals surface area (Å²) in [5.41, 5.74) is 2.63. The van der Waals surface area contributed by atoms with E-state index in [4.69, 9.17) is 0 Å². The van der Waals surface area contributed by atoms with Crippen LogP contribution in [0.1, 0.15) is 28.4 Å². The van der Waals surface area contributed by atoms with Gasteiger partial charge in [-0.2, -0.15) is 27.8 Å². The molecule has 0 fully saturated rings. The summed E-state index contributed by atoms with van der Waals surface area (Å²) in [5.74, 6) is 0.746. The highest BCUT2D eigenvalue weighted by Gasteiger charge is 2.47. The van der Waals surface area contributed by atoms with Gasteiger partial charge in [0.2, 0.25) is 0 Å². The lowest BCUT2D eigenvalue weighted by molar-refractivity contribution is -0.150. The molecule has 0 radical (unpaired) electrons. The Bertz CT molecular complexity index is 930. The molecule has 0 N–H and O–H groups in total. The zero-order chi connectivity index (χ0) is 17.8. The average Bonchev–Trinajstić information content (AvgIpc) is 3.15. The lowest BCUT2D eigenvalue weighted by Crippen LogP contribution is -2.38. The van der Waals surface area contributed by atoms with E-state index >= 15 is 0 Å². The van der Waals surface area contributed by atoms with E-state index in [1.54, 1.807) is 19.1 Å². The molecule has 1 atom stereocenters. The van der Waals surface area contributed by atoms with Crippen LogP contribution in [0.5, 0.6) is 0 Å². The SMILES string of the molecule is Cc1ccc([C@H](N2CCc3c(C)nc4ncnn4c32)C(F)(F)F)cc1. The van der Waals surface area contributed by atoms with Crippen molar-refractivity contribution in [2.75, 3.05) is 11.4 Å². The number of fused-ring (bicyclic) bond motifs is 3. The van der Waals surface area contributed by atoms with Crippen LogP contribution < -0.4 is 4.90 Å². The Kier molecular flexibility index (Phi) is 3.45. The molecular formula is C17H16F3N5. The van der Waals surface area contributed by atoms with Gasteiger partial charge in [-0.05, 0) is 25.8 Å². The number of alkyl halides is 3. The number of aromatic nitrogens is 4. The largest absolute Gasteiger partial charge is 0.413 e. The zero-order valence-corrected chi connectivity index (χ0v) is 13.7. The van der Waals surface area contributed by atoms with Gasteiger partial charge in [0.15, 0.2) is 6.04 Å². The van der Waals surface area contributed by atoms with Crippen molar-refractivity contribution in [3.8, 4) is 0 Å². The molecule has 8 heteroatoms. The van der Waals surface area contributed by atoms with E-state index in [0.717, 1.165) is 11.1 Å². The Morgan fingerprint density at radius 1 is 1.12 bits per heavy atom. The lowest BCUT2D eigenvalue weighted by atomic mass is 10.0. The molecule has 3 aromatic rings. The van der Waals surface area contributed by atoms with Crippen molar-refractivity contribution in [1.82, 2.24) is 19.6 Å². The van der Waals surface area contributed by atoms with Gasteiger partial charge in [-0.3, -0.25) is 0 Å². The summed E-state index contributed by atoms with van der Waals surface area (Å²) in [4.78, 5) is 9.73. The van der Waals surface area contributed by atoms with E-state index < -0.39 is 12.2 Å². The van der Waals surface area contributed by atoms with Gasteiger partial charge >= 0.3 is 6.18 Å². The highest BCUT2D eigenvalue weighted by atomic mass is 19.4. The number of halogens is 3. The maximum absolute atomic E-state index is 14.0. The predicted molar refractivity (Wildman–Crippen MR) is 86.5 cm³/mol. The molecule has 3 heterocycles. The summed E-state index contributed by atoms with van der Waals surface area (Å²) in [6.45, 7) is 3.91. The van der Waals surface area contributed by atoms with Gasteiger partial charge in [0, 0.05) is 17.8 Å². The molecule has 2 aromatic heterocycles. The van der Waals surface area contributed by atoms with Gasteiger partial charge in [-0.25, -0.2) is 4.98 Å². The number of rotatable bonds is 2. The van der Waals surface area contributed by atoms with Crippen LogP contribution >= 0.6 is 0 Å². The second-order valence-electron chi connectivity index (χ2n) is 6.27. The normalized spacial score (nSPS) is 15.6. The van der Waals surface area contributed by atoms with Crippen molar-refractivity contribution in [2.45, 2.75) is 32.5 Å². The Balaban J connectivity index is 1.90. The minimum absolute atomic E-state index is 0.216. The Labute approximate surface area is 142 Å². The fraction of sp³-hybridized carbons (Fsp3) is 0.353. The molecule has 0 amide bonds. The van der Waals surface area contributed by atoms with Crippen LogP contribution in [-0.2, 0) is 6.42 Å². The van der Waals surface area contributed by atoms with E-state index in [9.17, 15) is 13.2 Å². The summed E-state index contributed by atoms with van der Waals surface area (Å²) in [6, 6.07) is 4.75. The van der Waals surface area contributed by atoms with Crippen LogP contribution in [0.25, 0.3) is 5.78 Å². The third-order valence-corrected chi connectivity index (χ3v) is 4.59. The van der Waals surface area contributed by atoms with Crippen LogP contribution in [0.3, 0.4) is 0 Å². The molecule has 0 spiro atoms. The molecule has 1 aromatic carbocycles. The van der Waals surface area contributed by atoms with Crippen LogP contribution in [0.4, 0.5) is 19.0 Å². The third-order valence-electron chi connectivity index (χ3n) is 4.59. The first kappa shape index (κ1) is 15.9. The van der Waals surface area contributed by atoms with Crippen LogP contribution in [0.2, 0.25) is 0 Å². The fourth-order valence-corrected chi connectivity index (χ4v) is 3.44. The van der Waals surface area contributed by atoms with Gasteiger partial charge in [0.05, 0.1) is 0 Å². The average molecular weight is 347 g/mol. The minimum Gasteiger partial charge on any atom is -0.340 e. The van der Waals surface area contributed by atoms with Crippen molar-refractivity contribution < 1.29 is 13.2 Å². The second-order valence-corrected chi connectivity index (χ2v) is 6.27. The van der Waals surface area contributed by atoms with Crippen molar-refractivity contribution in [3.05, 3.63) is 53.0 Å². The highest BCUT2D eigenvalue weighted by molar-refractivity contribution is 5.60. The zero-order valence-electron chi connectivity index (χ0n) is 13.7. The Morgan fingerprint density at radius 2 is 1.84 bits per heavy atom. The monoisotopic (exact) mass is 347 g/mol. The van der Waals surface area contributed by atoms with Gasteiger partial charge in [-0.1, -0.05) is 29.8 Å². The number of nitrogens with zero attached hydrogens (tertiary/aromatic N) is 5. The molecule has 0 saturated carbocycles. The van der Waals surface area contributed by atoms with E-state index in [1.807, 2.05) is 6.92 Å². The first-order valence-corrected chi connectivity index (χ1v) is 7.95. The van der Waals surface area contributed by atoms with E-state index in [2.05, 4.69) is 15.1 Å². The number of aryl methyl sites for hydroxylation is 2. The smallest absolute Gasteiger partial charge is 0.340 e.